The second kappa shape index (κ2) is 8.46. The van der Waals surface area contributed by atoms with E-state index in [1.165, 1.54) is 0 Å². The van der Waals surface area contributed by atoms with Crippen molar-refractivity contribution in [3.63, 3.8) is 0 Å². The summed E-state index contributed by atoms with van der Waals surface area (Å²) in [5, 5.41) is 8.92. The highest BCUT2D eigenvalue weighted by Gasteiger charge is 2.44. The molecule has 2 aliphatic rings. The zero-order valence-corrected chi connectivity index (χ0v) is 16.0. The number of amides is 1. The van der Waals surface area contributed by atoms with Gasteiger partial charge in [0.2, 0.25) is 0 Å². The number of hydrogen-bond donors (Lipinski definition) is 0. The predicted molar refractivity (Wildman–Crippen MR) is 105 cm³/mol. The van der Waals surface area contributed by atoms with Crippen LogP contribution in [0, 0.1) is 17.2 Å². The number of nitriles is 1. The lowest BCUT2D eigenvalue weighted by Crippen LogP contribution is -2.59. The van der Waals surface area contributed by atoms with Gasteiger partial charge in [-0.2, -0.15) is 5.26 Å². The van der Waals surface area contributed by atoms with Crippen molar-refractivity contribution in [3.8, 4) is 6.07 Å². The molecule has 2 saturated heterocycles. The number of ether oxygens (including phenoxy) is 2. The number of piperidine rings is 1. The Balaban J connectivity index is 1.42. The van der Waals surface area contributed by atoms with Crippen LogP contribution in [0.5, 0.6) is 0 Å². The molecule has 2 aromatic rings. The first-order valence-corrected chi connectivity index (χ1v) is 9.77. The molecule has 4 rings (SSSR count). The minimum absolute atomic E-state index is 0.0590. The van der Waals surface area contributed by atoms with E-state index in [1.54, 1.807) is 29.2 Å². The van der Waals surface area contributed by atoms with E-state index in [0.717, 1.165) is 5.56 Å². The smallest absolute Gasteiger partial charge is 0.410 e. The molecule has 6 heteroatoms. The van der Waals surface area contributed by atoms with E-state index in [0.29, 0.717) is 37.2 Å². The number of ketones is 1. The fraction of sp³-hybridized carbons (Fsp3) is 0.348. The highest BCUT2D eigenvalue weighted by molar-refractivity contribution is 5.98. The summed E-state index contributed by atoms with van der Waals surface area (Å²) in [6.07, 6.45) is 0.752. The second-order valence-corrected chi connectivity index (χ2v) is 7.51. The van der Waals surface area contributed by atoms with Gasteiger partial charge >= 0.3 is 6.09 Å². The van der Waals surface area contributed by atoms with E-state index in [4.69, 9.17) is 14.7 Å². The molecule has 0 spiro atoms. The quantitative estimate of drug-likeness (QED) is 0.746. The number of Topliss-reactive ketones (excluding diaryl/α,β-unsaturated/α-hetero) is 1. The van der Waals surface area contributed by atoms with Gasteiger partial charge in [-0.05, 0) is 30.5 Å². The number of nitrogens with zero attached hydrogens (tertiary/aromatic N) is 2. The molecule has 2 fully saturated rings. The summed E-state index contributed by atoms with van der Waals surface area (Å²) in [5.74, 6) is -0.108. The van der Waals surface area contributed by atoms with E-state index in [-0.39, 0.29) is 36.5 Å². The van der Waals surface area contributed by atoms with Crippen LogP contribution in [0.4, 0.5) is 4.79 Å². The third-order valence-corrected chi connectivity index (χ3v) is 5.61. The number of rotatable bonds is 4. The van der Waals surface area contributed by atoms with Crippen molar-refractivity contribution >= 4 is 11.9 Å². The van der Waals surface area contributed by atoms with Gasteiger partial charge in [0.05, 0.1) is 36.9 Å². The Bertz CT molecular complexity index is 906. The van der Waals surface area contributed by atoms with Crippen LogP contribution in [0.25, 0.3) is 0 Å². The maximum absolute atomic E-state index is 13.0. The molecule has 148 valence electrons. The molecule has 2 aromatic carbocycles. The van der Waals surface area contributed by atoms with Gasteiger partial charge < -0.3 is 9.47 Å². The maximum atomic E-state index is 13.0. The van der Waals surface area contributed by atoms with Crippen molar-refractivity contribution in [1.82, 2.24) is 4.90 Å². The molecular weight excluding hydrogens is 368 g/mol. The summed E-state index contributed by atoms with van der Waals surface area (Å²) in [4.78, 5) is 27.5. The topological polar surface area (TPSA) is 79.6 Å². The van der Waals surface area contributed by atoms with Gasteiger partial charge in [-0.25, -0.2) is 4.79 Å². The molecule has 0 radical (unpaired) electrons. The van der Waals surface area contributed by atoms with Crippen LogP contribution in [0.1, 0.15) is 34.3 Å². The summed E-state index contributed by atoms with van der Waals surface area (Å²) in [6, 6.07) is 18.0. The molecule has 0 aromatic heterocycles. The van der Waals surface area contributed by atoms with E-state index < -0.39 is 0 Å². The first-order chi connectivity index (χ1) is 14.2. The molecule has 2 aliphatic heterocycles. The van der Waals surface area contributed by atoms with Crippen LogP contribution in [-0.4, -0.2) is 42.1 Å². The summed E-state index contributed by atoms with van der Waals surface area (Å²) >= 11 is 0. The standard InChI is InChI=1S/C23H22N2O4/c24-12-16-6-8-18(9-7-16)22(26)19-10-20-14-28-15-21(11-19)25(20)23(27)29-13-17-4-2-1-3-5-17/h1-9,19-21H,10-11,13-15H2. The lowest BCUT2D eigenvalue weighted by molar-refractivity contribution is -0.0755. The van der Waals surface area contributed by atoms with Crippen molar-refractivity contribution in [3.05, 3.63) is 71.3 Å². The number of hydrogen-bond acceptors (Lipinski definition) is 5. The van der Waals surface area contributed by atoms with E-state index in [1.807, 2.05) is 30.3 Å². The fourth-order valence-electron chi connectivity index (χ4n) is 4.17. The molecule has 6 nitrogen and oxygen atoms in total. The molecule has 2 heterocycles. The van der Waals surface area contributed by atoms with Crippen molar-refractivity contribution in [2.75, 3.05) is 13.2 Å². The van der Waals surface area contributed by atoms with Crippen LogP contribution < -0.4 is 0 Å². The molecule has 2 bridgehead atoms. The van der Waals surface area contributed by atoms with Crippen molar-refractivity contribution in [1.29, 1.82) is 5.26 Å². The average molecular weight is 390 g/mol. The van der Waals surface area contributed by atoms with Gasteiger partial charge in [-0.1, -0.05) is 42.5 Å². The average Bonchev–Trinajstić information content (AvgIpc) is 2.77. The highest BCUT2D eigenvalue weighted by Crippen LogP contribution is 2.34. The van der Waals surface area contributed by atoms with Crippen molar-refractivity contribution < 1.29 is 19.1 Å². The van der Waals surface area contributed by atoms with E-state index in [2.05, 4.69) is 6.07 Å². The van der Waals surface area contributed by atoms with E-state index >= 15 is 0 Å². The second-order valence-electron chi connectivity index (χ2n) is 7.51. The predicted octanol–water partition coefficient (Wildman–Crippen LogP) is 3.56. The van der Waals surface area contributed by atoms with Crippen LogP contribution in [0.2, 0.25) is 0 Å². The Morgan fingerprint density at radius 3 is 2.31 bits per heavy atom. The number of benzene rings is 2. The number of morpholine rings is 1. The minimum atomic E-state index is -0.351. The fourth-order valence-corrected chi connectivity index (χ4v) is 4.17. The highest BCUT2D eigenvalue weighted by atomic mass is 16.6. The SMILES string of the molecule is N#Cc1ccc(C(=O)C2CC3COCC(C2)N3C(=O)OCc2ccccc2)cc1. The third-order valence-electron chi connectivity index (χ3n) is 5.61. The Kier molecular flexibility index (Phi) is 5.59. The zero-order valence-electron chi connectivity index (χ0n) is 16.0. The molecule has 0 saturated carbocycles. The van der Waals surface area contributed by atoms with Crippen molar-refractivity contribution in [2.24, 2.45) is 5.92 Å². The minimum Gasteiger partial charge on any atom is -0.445 e. The maximum Gasteiger partial charge on any atom is 0.410 e. The molecule has 0 N–H and O–H groups in total. The van der Waals surface area contributed by atoms with Gasteiger partial charge in [0.25, 0.3) is 0 Å². The summed E-state index contributed by atoms with van der Waals surface area (Å²) < 4.78 is 11.2. The lowest BCUT2D eigenvalue weighted by atomic mass is 9.81. The number of carbonyl (C=O) groups excluding carboxylic acids is 2. The number of carbonyl (C=O) groups is 2. The molecule has 1 amide bonds. The van der Waals surface area contributed by atoms with Gasteiger partial charge in [0, 0.05) is 11.5 Å². The first kappa shape index (κ1) is 19.2. The lowest BCUT2D eigenvalue weighted by Gasteiger charge is -2.47. The molecule has 29 heavy (non-hydrogen) atoms. The molecular formula is C23H22N2O4. The van der Waals surface area contributed by atoms with Gasteiger partial charge in [0.1, 0.15) is 6.61 Å². The van der Waals surface area contributed by atoms with Crippen LogP contribution in [0.15, 0.2) is 54.6 Å². The molecule has 2 unspecified atom stereocenters. The monoisotopic (exact) mass is 390 g/mol. The summed E-state index contributed by atoms with van der Waals surface area (Å²) in [6.45, 7) is 1.05. The van der Waals surface area contributed by atoms with E-state index in [9.17, 15) is 9.59 Å². The Morgan fingerprint density at radius 2 is 1.69 bits per heavy atom. The molecule has 0 aliphatic carbocycles. The summed E-state index contributed by atoms with van der Waals surface area (Å²) in [5.41, 5.74) is 2.07. The Labute approximate surface area is 169 Å². The van der Waals surface area contributed by atoms with Crippen LogP contribution in [-0.2, 0) is 16.1 Å². The Morgan fingerprint density at radius 1 is 1.03 bits per heavy atom. The first-order valence-electron chi connectivity index (χ1n) is 9.77. The molecule has 2 atom stereocenters. The summed E-state index contributed by atoms with van der Waals surface area (Å²) in [7, 11) is 0. The van der Waals surface area contributed by atoms with Crippen LogP contribution in [0.3, 0.4) is 0 Å². The normalized spacial score (nSPS) is 23.1. The third kappa shape index (κ3) is 4.15. The zero-order chi connectivity index (χ0) is 20.2. The van der Waals surface area contributed by atoms with Crippen LogP contribution >= 0.6 is 0 Å². The van der Waals surface area contributed by atoms with Gasteiger partial charge in [-0.3, -0.25) is 9.69 Å². The Hall–Kier alpha value is -3.17. The van der Waals surface area contributed by atoms with Crippen molar-refractivity contribution in [2.45, 2.75) is 31.5 Å². The largest absolute Gasteiger partial charge is 0.445 e. The van der Waals surface area contributed by atoms with Gasteiger partial charge in [-0.15, -0.1) is 0 Å². The van der Waals surface area contributed by atoms with Gasteiger partial charge in [0.15, 0.2) is 5.78 Å². The number of fused-ring (bicyclic) bond motifs is 2.